The van der Waals surface area contributed by atoms with Gasteiger partial charge in [-0.2, -0.15) is 0 Å². The standard InChI is InChI=1S/C29H34O6/c1-19(30)29(32)14-13-21(25(17-29)28(31)35-18-20-9-5-4-6-10-20)15-22-16-26(33-2)23-11-7-8-12-24(23)27(22)34-3/h4-12,16,19,21,25,30,32H,13-15,17-18H2,1-3H3/t19?,21-,25+,29+/m0/s1. The average molecular weight is 479 g/mol. The molecular weight excluding hydrogens is 444 g/mol. The van der Waals surface area contributed by atoms with Crippen molar-refractivity contribution in [3.05, 3.63) is 71.8 Å². The predicted octanol–water partition coefficient (Wildman–Crippen LogP) is 4.67. The highest BCUT2D eigenvalue weighted by Gasteiger charge is 2.46. The van der Waals surface area contributed by atoms with E-state index >= 15 is 0 Å². The Kier molecular flexibility index (Phi) is 7.63. The molecule has 1 aliphatic carbocycles. The van der Waals surface area contributed by atoms with Gasteiger partial charge in [-0.25, -0.2) is 0 Å². The number of carbonyl (C=O) groups is 1. The largest absolute Gasteiger partial charge is 0.496 e. The maximum atomic E-state index is 13.3. The first-order valence-corrected chi connectivity index (χ1v) is 12.1. The van der Waals surface area contributed by atoms with Crippen LogP contribution in [0.2, 0.25) is 0 Å². The van der Waals surface area contributed by atoms with Gasteiger partial charge in [0.05, 0.1) is 31.8 Å². The molecule has 35 heavy (non-hydrogen) atoms. The Labute approximate surface area is 206 Å². The highest BCUT2D eigenvalue weighted by atomic mass is 16.5. The second-order valence-electron chi connectivity index (χ2n) is 9.50. The molecule has 2 N–H and O–H groups in total. The molecule has 3 aromatic rings. The zero-order valence-corrected chi connectivity index (χ0v) is 20.6. The lowest BCUT2D eigenvalue weighted by Gasteiger charge is -2.42. The Bertz CT molecular complexity index is 1160. The van der Waals surface area contributed by atoms with Gasteiger partial charge in [0.1, 0.15) is 18.1 Å². The maximum Gasteiger partial charge on any atom is 0.309 e. The van der Waals surface area contributed by atoms with Gasteiger partial charge >= 0.3 is 5.97 Å². The van der Waals surface area contributed by atoms with Crippen LogP contribution in [0.3, 0.4) is 0 Å². The number of esters is 1. The number of hydrogen-bond acceptors (Lipinski definition) is 6. The van der Waals surface area contributed by atoms with Crippen molar-refractivity contribution in [3.63, 3.8) is 0 Å². The van der Waals surface area contributed by atoms with E-state index in [4.69, 9.17) is 14.2 Å². The molecule has 0 spiro atoms. The third-order valence-electron chi connectivity index (χ3n) is 7.34. The van der Waals surface area contributed by atoms with Crippen molar-refractivity contribution in [2.24, 2.45) is 11.8 Å². The Morgan fingerprint density at radius 3 is 2.40 bits per heavy atom. The third kappa shape index (κ3) is 5.29. The third-order valence-corrected chi connectivity index (χ3v) is 7.34. The molecule has 6 heteroatoms. The van der Waals surface area contributed by atoms with Crippen LogP contribution in [0.4, 0.5) is 0 Å². The molecule has 186 valence electrons. The molecule has 1 saturated carbocycles. The first-order chi connectivity index (χ1) is 16.9. The highest BCUT2D eigenvalue weighted by Crippen LogP contribution is 2.44. The van der Waals surface area contributed by atoms with Crippen LogP contribution in [0.1, 0.15) is 37.3 Å². The van der Waals surface area contributed by atoms with Crippen molar-refractivity contribution in [2.75, 3.05) is 14.2 Å². The number of fused-ring (bicyclic) bond motifs is 1. The van der Waals surface area contributed by atoms with Crippen molar-refractivity contribution >= 4 is 16.7 Å². The number of methoxy groups -OCH3 is 2. The van der Waals surface area contributed by atoms with E-state index in [9.17, 15) is 15.0 Å². The SMILES string of the molecule is COc1cc(C[C@@H]2CC[C@](O)(C(C)O)C[C@H]2C(=O)OCc2ccccc2)c(OC)c2ccccc12. The van der Waals surface area contributed by atoms with E-state index in [0.717, 1.165) is 33.4 Å². The van der Waals surface area contributed by atoms with Gasteiger partial charge in [-0.3, -0.25) is 4.79 Å². The molecule has 0 amide bonds. The van der Waals surface area contributed by atoms with E-state index < -0.39 is 17.6 Å². The molecule has 0 bridgehead atoms. The lowest BCUT2D eigenvalue weighted by molar-refractivity contribution is -0.164. The Hall–Kier alpha value is -3.09. The Morgan fingerprint density at radius 1 is 1.06 bits per heavy atom. The number of rotatable bonds is 8. The van der Waals surface area contributed by atoms with Crippen molar-refractivity contribution in [2.45, 2.75) is 50.9 Å². The van der Waals surface area contributed by atoms with Gasteiger partial charge in [-0.05, 0) is 55.7 Å². The molecule has 0 saturated heterocycles. The fourth-order valence-electron chi connectivity index (χ4n) is 5.24. The number of ether oxygens (including phenoxy) is 3. The van der Waals surface area contributed by atoms with Gasteiger partial charge in [0.2, 0.25) is 0 Å². The topological polar surface area (TPSA) is 85.2 Å². The van der Waals surface area contributed by atoms with Crippen LogP contribution in [0, 0.1) is 11.8 Å². The fraction of sp³-hybridized carbons (Fsp3) is 0.414. The molecule has 1 aliphatic rings. The lowest BCUT2D eigenvalue weighted by Crippen LogP contribution is -2.49. The number of hydrogen-bond donors (Lipinski definition) is 2. The van der Waals surface area contributed by atoms with Crippen molar-refractivity contribution in [1.82, 2.24) is 0 Å². The van der Waals surface area contributed by atoms with E-state index in [1.54, 1.807) is 21.1 Å². The van der Waals surface area contributed by atoms with Crippen LogP contribution in [0.5, 0.6) is 11.5 Å². The summed E-state index contributed by atoms with van der Waals surface area (Å²) in [6.45, 7) is 1.74. The van der Waals surface area contributed by atoms with Crippen LogP contribution in [0.15, 0.2) is 60.7 Å². The van der Waals surface area contributed by atoms with Gasteiger partial charge in [-0.15, -0.1) is 0 Å². The smallest absolute Gasteiger partial charge is 0.309 e. The molecule has 4 rings (SSSR count). The fourth-order valence-corrected chi connectivity index (χ4v) is 5.24. The summed E-state index contributed by atoms with van der Waals surface area (Å²) in [6.07, 6.45) is 0.750. The molecule has 0 radical (unpaired) electrons. The van der Waals surface area contributed by atoms with Gasteiger partial charge in [0.25, 0.3) is 0 Å². The number of aliphatic hydroxyl groups excluding tert-OH is 1. The van der Waals surface area contributed by atoms with E-state index in [1.165, 1.54) is 0 Å². The second kappa shape index (κ2) is 10.7. The highest BCUT2D eigenvalue weighted by molar-refractivity contribution is 5.94. The molecule has 3 aromatic carbocycles. The molecule has 0 aliphatic heterocycles. The second-order valence-corrected chi connectivity index (χ2v) is 9.50. The first-order valence-electron chi connectivity index (χ1n) is 12.1. The van der Waals surface area contributed by atoms with Crippen LogP contribution >= 0.6 is 0 Å². The van der Waals surface area contributed by atoms with Crippen LogP contribution < -0.4 is 9.47 Å². The predicted molar refractivity (Wildman–Crippen MR) is 134 cm³/mol. The van der Waals surface area contributed by atoms with Crippen LogP contribution in [0.25, 0.3) is 10.8 Å². The molecule has 0 aromatic heterocycles. The van der Waals surface area contributed by atoms with Crippen molar-refractivity contribution in [3.8, 4) is 11.5 Å². The van der Waals surface area contributed by atoms with Crippen LogP contribution in [-0.2, 0) is 22.6 Å². The zero-order chi connectivity index (χ0) is 25.0. The van der Waals surface area contributed by atoms with Crippen molar-refractivity contribution in [1.29, 1.82) is 0 Å². The van der Waals surface area contributed by atoms with Crippen molar-refractivity contribution < 1.29 is 29.2 Å². The van der Waals surface area contributed by atoms with E-state index in [1.807, 2.05) is 60.7 Å². The minimum atomic E-state index is -1.32. The Morgan fingerprint density at radius 2 is 1.74 bits per heavy atom. The van der Waals surface area contributed by atoms with Gasteiger partial charge in [0.15, 0.2) is 0 Å². The monoisotopic (exact) mass is 478 g/mol. The normalized spacial score (nSPS) is 23.0. The molecule has 1 unspecified atom stereocenters. The van der Waals surface area contributed by atoms with E-state index in [2.05, 4.69) is 0 Å². The summed E-state index contributed by atoms with van der Waals surface area (Å²) in [4.78, 5) is 13.3. The van der Waals surface area contributed by atoms with E-state index in [0.29, 0.717) is 19.3 Å². The summed E-state index contributed by atoms with van der Waals surface area (Å²) in [6, 6.07) is 19.4. The number of aliphatic hydroxyl groups is 2. The average Bonchev–Trinajstić information content (AvgIpc) is 2.88. The quantitative estimate of drug-likeness (QED) is 0.458. The number of carbonyl (C=O) groups excluding carboxylic acids is 1. The molecule has 0 heterocycles. The van der Waals surface area contributed by atoms with Crippen LogP contribution in [-0.4, -0.2) is 42.1 Å². The van der Waals surface area contributed by atoms with Gasteiger partial charge in [0, 0.05) is 10.8 Å². The minimum absolute atomic E-state index is 0.0860. The Balaban J connectivity index is 1.64. The van der Waals surface area contributed by atoms with E-state index in [-0.39, 0.29) is 24.9 Å². The summed E-state index contributed by atoms with van der Waals surface area (Å²) in [7, 11) is 3.29. The lowest BCUT2D eigenvalue weighted by atomic mass is 9.68. The summed E-state index contributed by atoms with van der Waals surface area (Å²) in [5, 5.41) is 23.2. The number of benzene rings is 3. The molecule has 6 nitrogen and oxygen atoms in total. The summed E-state index contributed by atoms with van der Waals surface area (Å²) >= 11 is 0. The van der Waals surface area contributed by atoms with Gasteiger partial charge < -0.3 is 24.4 Å². The first kappa shape index (κ1) is 25.0. The summed E-state index contributed by atoms with van der Waals surface area (Å²) < 4.78 is 17.2. The zero-order valence-electron chi connectivity index (χ0n) is 20.6. The summed E-state index contributed by atoms with van der Waals surface area (Å²) in [5.41, 5.74) is 0.522. The molecule has 1 fully saturated rings. The molecule has 4 atom stereocenters. The molecular formula is C29H34O6. The minimum Gasteiger partial charge on any atom is -0.496 e. The van der Waals surface area contributed by atoms with Gasteiger partial charge in [-0.1, -0.05) is 54.6 Å². The maximum absolute atomic E-state index is 13.3. The summed E-state index contributed by atoms with van der Waals surface area (Å²) in [5.74, 6) is 0.501.